The van der Waals surface area contributed by atoms with Crippen LogP contribution in [0.15, 0.2) is 0 Å². The SMILES string of the molecule is CC(C)NC(C)(CO)CN1CC2CCC1C2. The van der Waals surface area contributed by atoms with Crippen molar-refractivity contribution in [3.8, 4) is 0 Å². The number of aliphatic hydroxyl groups is 1. The smallest absolute Gasteiger partial charge is 0.0623 e. The summed E-state index contributed by atoms with van der Waals surface area (Å²) >= 11 is 0. The summed E-state index contributed by atoms with van der Waals surface area (Å²) < 4.78 is 0. The Labute approximate surface area is 99.2 Å². The zero-order chi connectivity index (χ0) is 11.8. The first-order valence-electron chi connectivity index (χ1n) is 6.65. The summed E-state index contributed by atoms with van der Waals surface area (Å²) in [4.78, 5) is 2.58. The van der Waals surface area contributed by atoms with Crippen LogP contribution in [-0.4, -0.2) is 47.3 Å². The van der Waals surface area contributed by atoms with Gasteiger partial charge in [-0.15, -0.1) is 0 Å². The molecule has 3 atom stereocenters. The highest BCUT2D eigenvalue weighted by Gasteiger charge is 2.40. The Bertz CT molecular complexity index is 244. The molecule has 0 spiro atoms. The molecule has 0 aromatic heterocycles. The van der Waals surface area contributed by atoms with Crippen LogP contribution in [0.25, 0.3) is 0 Å². The van der Waals surface area contributed by atoms with Crippen LogP contribution < -0.4 is 5.32 Å². The lowest BCUT2D eigenvalue weighted by Crippen LogP contribution is -2.57. The molecule has 1 saturated heterocycles. The van der Waals surface area contributed by atoms with E-state index in [1.807, 2.05) is 0 Å². The molecule has 1 heterocycles. The van der Waals surface area contributed by atoms with Crippen molar-refractivity contribution in [3.05, 3.63) is 0 Å². The quantitative estimate of drug-likeness (QED) is 0.740. The standard InChI is InChI=1S/C13H26N2O/c1-10(2)14-13(3,9-16)8-15-7-11-4-5-12(15)6-11/h10-12,14,16H,4-9H2,1-3H3. The van der Waals surface area contributed by atoms with Crippen molar-refractivity contribution in [2.45, 2.75) is 57.7 Å². The van der Waals surface area contributed by atoms with E-state index in [4.69, 9.17) is 0 Å². The van der Waals surface area contributed by atoms with E-state index in [9.17, 15) is 5.11 Å². The third-order valence-electron chi connectivity index (χ3n) is 4.06. The molecule has 1 saturated carbocycles. The Kier molecular flexibility index (Phi) is 3.57. The molecule has 2 fully saturated rings. The van der Waals surface area contributed by atoms with Gasteiger partial charge in [0.05, 0.1) is 12.1 Å². The van der Waals surface area contributed by atoms with Crippen LogP contribution in [0.2, 0.25) is 0 Å². The van der Waals surface area contributed by atoms with Crippen LogP contribution in [-0.2, 0) is 0 Å². The zero-order valence-corrected chi connectivity index (χ0v) is 10.9. The number of nitrogens with zero attached hydrogens (tertiary/aromatic N) is 1. The molecule has 16 heavy (non-hydrogen) atoms. The van der Waals surface area contributed by atoms with Gasteiger partial charge in [0, 0.05) is 25.2 Å². The van der Waals surface area contributed by atoms with Crippen molar-refractivity contribution in [2.24, 2.45) is 5.92 Å². The molecule has 0 aromatic carbocycles. The average molecular weight is 226 g/mol. The minimum atomic E-state index is -0.140. The predicted octanol–water partition coefficient (Wildman–Crippen LogP) is 1.22. The second kappa shape index (κ2) is 4.63. The molecular formula is C13H26N2O. The Hall–Kier alpha value is -0.120. The highest BCUT2D eigenvalue weighted by molar-refractivity contribution is 4.97. The first-order valence-corrected chi connectivity index (χ1v) is 6.65. The molecule has 2 aliphatic rings. The van der Waals surface area contributed by atoms with Gasteiger partial charge in [-0.05, 0) is 32.1 Å². The predicted molar refractivity (Wildman–Crippen MR) is 66.5 cm³/mol. The van der Waals surface area contributed by atoms with Crippen LogP contribution in [0, 0.1) is 5.92 Å². The monoisotopic (exact) mass is 226 g/mol. The maximum absolute atomic E-state index is 9.58. The first-order chi connectivity index (χ1) is 7.52. The number of hydrogen-bond acceptors (Lipinski definition) is 3. The maximum atomic E-state index is 9.58. The Morgan fingerprint density at radius 3 is 2.62 bits per heavy atom. The van der Waals surface area contributed by atoms with E-state index in [-0.39, 0.29) is 12.1 Å². The van der Waals surface area contributed by atoms with E-state index in [1.54, 1.807) is 0 Å². The summed E-state index contributed by atoms with van der Waals surface area (Å²) in [6, 6.07) is 1.22. The van der Waals surface area contributed by atoms with Gasteiger partial charge < -0.3 is 10.4 Å². The zero-order valence-electron chi connectivity index (χ0n) is 10.9. The van der Waals surface area contributed by atoms with Gasteiger partial charge in [0.1, 0.15) is 0 Å². The van der Waals surface area contributed by atoms with Crippen molar-refractivity contribution in [3.63, 3.8) is 0 Å². The number of rotatable bonds is 5. The fourth-order valence-electron chi connectivity index (χ4n) is 3.51. The number of aliphatic hydroxyl groups excluding tert-OH is 1. The molecular weight excluding hydrogens is 200 g/mol. The number of fused-ring (bicyclic) bond motifs is 2. The third-order valence-corrected chi connectivity index (χ3v) is 4.06. The molecule has 94 valence electrons. The second-order valence-corrected chi connectivity index (χ2v) is 6.28. The number of hydrogen-bond donors (Lipinski definition) is 2. The Balaban J connectivity index is 1.91. The lowest BCUT2D eigenvalue weighted by molar-refractivity contribution is 0.0962. The summed E-state index contributed by atoms with van der Waals surface area (Å²) in [6.07, 6.45) is 4.19. The fraction of sp³-hybridized carbons (Fsp3) is 1.00. The maximum Gasteiger partial charge on any atom is 0.0623 e. The van der Waals surface area contributed by atoms with Crippen molar-refractivity contribution in [2.75, 3.05) is 19.7 Å². The van der Waals surface area contributed by atoms with Gasteiger partial charge in [0.15, 0.2) is 0 Å². The number of piperidine rings is 1. The van der Waals surface area contributed by atoms with E-state index in [0.29, 0.717) is 6.04 Å². The van der Waals surface area contributed by atoms with Gasteiger partial charge in [-0.1, -0.05) is 13.8 Å². The Morgan fingerprint density at radius 2 is 2.19 bits per heavy atom. The molecule has 2 bridgehead atoms. The summed E-state index contributed by atoms with van der Waals surface area (Å²) in [5.74, 6) is 0.937. The molecule has 0 radical (unpaired) electrons. The van der Waals surface area contributed by atoms with Gasteiger partial charge >= 0.3 is 0 Å². The first kappa shape index (κ1) is 12.3. The molecule has 2 N–H and O–H groups in total. The summed E-state index contributed by atoms with van der Waals surface area (Å²) in [5, 5.41) is 13.1. The van der Waals surface area contributed by atoms with E-state index < -0.39 is 0 Å². The summed E-state index contributed by atoms with van der Waals surface area (Å²) in [5.41, 5.74) is -0.140. The van der Waals surface area contributed by atoms with Crippen LogP contribution in [0.5, 0.6) is 0 Å². The van der Waals surface area contributed by atoms with Crippen molar-refractivity contribution in [1.29, 1.82) is 0 Å². The molecule has 3 nitrogen and oxygen atoms in total. The fourth-order valence-corrected chi connectivity index (χ4v) is 3.51. The van der Waals surface area contributed by atoms with Gasteiger partial charge in [0.25, 0.3) is 0 Å². The van der Waals surface area contributed by atoms with Gasteiger partial charge in [-0.2, -0.15) is 0 Å². The summed E-state index contributed by atoms with van der Waals surface area (Å²) in [6.45, 7) is 8.88. The van der Waals surface area contributed by atoms with Gasteiger partial charge in [0.2, 0.25) is 0 Å². The molecule has 0 aromatic rings. The largest absolute Gasteiger partial charge is 0.394 e. The summed E-state index contributed by atoms with van der Waals surface area (Å²) in [7, 11) is 0. The van der Waals surface area contributed by atoms with E-state index in [1.165, 1.54) is 25.8 Å². The van der Waals surface area contributed by atoms with Crippen molar-refractivity contribution < 1.29 is 5.11 Å². The lowest BCUT2D eigenvalue weighted by atomic mass is 10.00. The number of likely N-dealkylation sites (tertiary alicyclic amines) is 1. The Morgan fingerprint density at radius 1 is 1.44 bits per heavy atom. The average Bonchev–Trinajstić information content (AvgIpc) is 2.77. The highest BCUT2D eigenvalue weighted by Crippen LogP contribution is 2.37. The van der Waals surface area contributed by atoms with Crippen molar-refractivity contribution in [1.82, 2.24) is 10.2 Å². The third kappa shape index (κ3) is 2.58. The van der Waals surface area contributed by atoms with E-state index >= 15 is 0 Å². The van der Waals surface area contributed by atoms with E-state index in [2.05, 4.69) is 31.0 Å². The molecule has 1 aliphatic heterocycles. The topological polar surface area (TPSA) is 35.5 Å². The molecule has 0 amide bonds. The van der Waals surface area contributed by atoms with Gasteiger partial charge in [-0.25, -0.2) is 0 Å². The van der Waals surface area contributed by atoms with Crippen LogP contribution in [0.4, 0.5) is 0 Å². The van der Waals surface area contributed by atoms with Gasteiger partial charge in [-0.3, -0.25) is 4.90 Å². The highest BCUT2D eigenvalue weighted by atomic mass is 16.3. The van der Waals surface area contributed by atoms with Crippen LogP contribution >= 0.6 is 0 Å². The number of nitrogens with one attached hydrogen (secondary N) is 1. The normalized spacial score (nSPS) is 33.6. The minimum Gasteiger partial charge on any atom is -0.394 e. The van der Waals surface area contributed by atoms with Crippen molar-refractivity contribution >= 4 is 0 Å². The molecule has 3 unspecified atom stereocenters. The molecule has 2 rings (SSSR count). The molecule has 1 aliphatic carbocycles. The lowest BCUT2D eigenvalue weighted by Gasteiger charge is -2.38. The molecule has 3 heteroatoms. The minimum absolute atomic E-state index is 0.140. The van der Waals surface area contributed by atoms with E-state index in [0.717, 1.165) is 18.5 Å². The van der Waals surface area contributed by atoms with Crippen LogP contribution in [0.3, 0.4) is 0 Å². The van der Waals surface area contributed by atoms with Crippen LogP contribution in [0.1, 0.15) is 40.0 Å². The second-order valence-electron chi connectivity index (χ2n) is 6.28.